The lowest BCUT2D eigenvalue weighted by Gasteiger charge is -2.26. The minimum absolute atomic E-state index is 0.871. The lowest BCUT2D eigenvalue weighted by Crippen LogP contribution is -2.09. The Hall–Kier alpha value is -19.2. The third-order valence-corrected chi connectivity index (χ3v) is 30.0. The van der Waals surface area contributed by atoms with Crippen molar-refractivity contribution in [1.82, 2.24) is 0 Å². The van der Waals surface area contributed by atoms with Gasteiger partial charge in [-0.05, 0) is 271 Å². The summed E-state index contributed by atoms with van der Waals surface area (Å²) in [6.45, 7) is 0. The number of fused-ring (bicyclic) bond motifs is 13. The molecule has 0 amide bonds. The van der Waals surface area contributed by atoms with Crippen molar-refractivity contribution in [2.45, 2.75) is 0 Å². The van der Waals surface area contributed by atoms with Gasteiger partial charge < -0.3 is 23.5 Å². The van der Waals surface area contributed by atoms with Crippen molar-refractivity contribution in [2.24, 2.45) is 0 Å². The van der Waals surface area contributed by atoms with Gasteiger partial charge in [0.1, 0.15) is 22.3 Å². The molecule has 3 aromatic heterocycles. The summed E-state index contributed by atoms with van der Waals surface area (Å²) in [6, 6.07) is 207. The minimum Gasteiger partial charge on any atom is -0.456 e. The summed E-state index contributed by atoms with van der Waals surface area (Å²) >= 11 is 1.86. The molecule has 6 heteroatoms. The molecule has 0 saturated heterocycles. The molecule has 696 valence electrons. The van der Waals surface area contributed by atoms with Gasteiger partial charge in [-0.25, -0.2) is 0 Å². The van der Waals surface area contributed by atoms with Crippen LogP contribution in [0.1, 0.15) is 0 Å². The molecule has 0 saturated carbocycles. The molecule has 0 N–H and O–H groups in total. The summed E-state index contributed by atoms with van der Waals surface area (Å²) in [5.41, 5.74) is 35.2. The Bertz CT molecular complexity index is 9370. The molecule has 5 nitrogen and oxygen atoms in total. The lowest BCUT2D eigenvalue weighted by molar-refractivity contribution is 0.668. The quantitative estimate of drug-likeness (QED) is 0.0856. The summed E-state index contributed by atoms with van der Waals surface area (Å²) in [6.07, 6.45) is 0. The summed E-state index contributed by atoms with van der Waals surface area (Å²) in [7, 11) is 0. The van der Waals surface area contributed by atoms with E-state index in [-0.39, 0.29) is 0 Å². The van der Waals surface area contributed by atoms with Crippen LogP contribution in [-0.2, 0) is 0 Å². The Kier molecular flexibility index (Phi) is 23.6. The molecular weight excluding hydrogens is 1810 g/mol. The van der Waals surface area contributed by atoms with E-state index in [0.29, 0.717) is 0 Å². The normalized spacial score (nSPS) is 11.4. The van der Waals surface area contributed by atoms with E-state index in [2.05, 4.69) is 567 Å². The lowest BCUT2D eigenvalue weighted by atomic mass is 9.89. The number of anilines is 9. The molecule has 28 aromatic rings. The van der Waals surface area contributed by atoms with Crippen LogP contribution in [0.2, 0.25) is 0 Å². The predicted molar refractivity (Wildman–Crippen MR) is 630 cm³/mol. The summed E-state index contributed by atoms with van der Waals surface area (Å²) in [5.74, 6) is 0. The number of furan rings is 2. The monoisotopic (exact) mass is 1910 g/mol. The van der Waals surface area contributed by atoms with Crippen molar-refractivity contribution in [1.29, 1.82) is 0 Å². The third-order valence-electron chi connectivity index (χ3n) is 28.8. The maximum absolute atomic E-state index is 6.38. The van der Waals surface area contributed by atoms with E-state index in [0.717, 1.165) is 95.1 Å². The summed E-state index contributed by atoms with van der Waals surface area (Å²) in [5, 5.41) is 17.1. The molecule has 0 aliphatic rings. The number of para-hydroxylation sites is 2. The molecule has 3 heterocycles. The number of nitrogens with zero attached hydrogens (tertiary/aromatic N) is 3. The molecule has 0 bridgehead atoms. The molecule has 0 atom stereocenters. The Balaban J connectivity index is 0.000000112. The molecule has 0 aliphatic heterocycles. The maximum atomic E-state index is 6.38. The highest BCUT2D eigenvalue weighted by Gasteiger charge is 2.25. The number of benzene rings is 25. The Labute approximate surface area is 863 Å². The van der Waals surface area contributed by atoms with Crippen LogP contribution in [0.4, 0.5) is 51.2 Å². The van der Waals surface area contributed by atoms with E-state index >= 15 is 0 Å². The first-order valence-corrected chi connectivity index (χ1v) is 51.3. The van der Waals surface area contributed by atoms with Gasteiger partial charge >= 0.3 is 0 Å². The first-order valence-electron chi connectivity index (χ1n) is 50.5. The van der Waals surface area contributed by atoms with Gasteiger partial charge in [0.05, 0.1) is 0 Å². The highest BCUT2D eigenvalue weighted by molar-refractivity contribution is 7.25. The molecule has 0 fully saturated rings. The van der Waals surface area contributed by atoms with Gasteiger partial charge in [0.2, 0.25) is 0 Å². The molecular formula is C142H95N3O2S. The van der Waals surface area contributed by atoms with E-state index in [1.807, 2.05) is 35.6 Å². The third kappa shape index (κ3) is 17.2. The van der Waals surface area contributed by atoms with Gasteiger partial charge in [0.25, 0.3) is 0 Å². The fourth-order valence-electron chi connectivity index (χ4n) is 21.7. The van der Waals surface area contributed by atoms with Gasteiger partial charge in [-0.3, -0.25) is 0 Å². The van der Waals surface area contributed by atoms with Crippen molar-refractivity contribution in [2.75, 3.05) is 14.7 Å². The zero-order valence-corrected chi connectivity index (χ0v) is 81.7. The summed E-state index contributed by atoms with van der Waals surface area (Å²) < 4.78 is 15.3. The second-order valence-electron chi connectivity index (χ2n) is 37.6. The van der Waals surface area contributed by atoms with Crippen molar-refractivity contribution in [3.8, 4) is 100 Å². The van der Waals surface area contributed by atoms with Crippen molar-refractivity contribution >= 4 is 170 Å². The topological polar surface area (TPSA) is 36.0 Å². The number of thiophene rings is 1. The molecule has 148 heavy (non-hydrogen) atoms. The maximum Gasteiger partial charge on any atom is 0.137 e. The van der Waals surface area contributed by atoms with Crippen LogP contribution < -0.4 is 14.7 Å². The second-order valence-corrected chi connectivity index (χ2v) is 38.7. The molecule has 0 aliphatic carbocycles. The van der Waals surface area contributed by atoms with Gasteiger partial charge in [-0.1, -0.05) is 437 Å². The van der Waals surface area contributed by atoms with Crippen LogP contribution in [0.25, 0.3) is 207 Å². The first-order chi connectivity index (χ1) is 73.4. The molecule has 0 spiro atoms. The van der Waals surface area contributed by atoms with Crippen LogP contribution in [0, 0.1) is 0 Å². The average Bonchev–Trinajstić information content (AvgIpc) is 1.65. The van der Waals surface area contributed by atoms with Crippen LogP contribution in [0.5, 0.6) is 0 Å². The molecule has 0 radical (unpaired) electrons. The highest BCUT2D eigenvalue weighted by atomic mass is 32.1. The smallest absolute Gasteiger partial charge is 0.137 e. The van der Waals surface area contributed by atoms with Crippen molar-refractivity contribution in [3.63, 3.8) is 0 Å². The molecule has 0 unspecified atom stereocenters. The van der Waals surface area contributed by atoms with E-state index in [9.17, 15) is 0 Å². The zero-order valence-electron chi connectivity index (χ0n) is 80.9. The van der Waals surface area contributed by atoms with E-state index in [1.165, 1.54) is 163 Å². The van der Waals surface area contributed by atoms with Gasteiger partial charge in [-0.2, -0.15) is 0 Å². The van der Waals surface area contributed by atoms with E-state index in [1.54, 1.807) is 0 Å². The standard InChI is InChI=1S/C50H33NO.C46H31NO.C46H31NS/c1-2-11-35(12-3-1)45-31-25-36-14-5-7-17-44(36)50(45)38-23-28-40(29-24-38)51(41-30-32-47-46-18-8-9-20-48(46)52-49(47)33-41)39-26-21-37(22-27-39)43-19-10-15-34-13-4-6-16-42(34)43;2*1-3-11-32(12-4-1)33-19-24-37(25-20-33)47(39-28-30-43-42-17-9-10-18-44(42)48-45(43)31-39)38-26-21-36(22-27-38)46-40-16-8-7-15-35(40)23-29-41(46)34-13-5-2-6-14-34/h1-33H;2*1-31H. The van der Waals surface area contributed by atoms with Crippen molar-refractivity contribution in [3.05, 3.63) is 576 Å². The van der Waals surface area contributed by atoms with Crippen LogP contribution in [0.15, 0.2) is 585 Å². The second kappa shape index (κ2) is 39.2. The molecule has 28 rings (SSSR count). The number of hydrogen-bond acceptors (Lipinski definition) is 6. The average molecular weight is 1910 g/mol. The largest absolute Gasteiger partial charge is 0.456 e. The minimum atomic E-state index is 0.871. The van der Waals surface area contributed by atoms with Crippen LogP contribution >= 0.6 is 11.3 Å². The van der Waals surface area contributed by atoms with Crippen molar-refractivity contribution < 1.29 is 8.83 Å². The number of hydrogen-bond donors (Lipinski definition) is 0. The Morgan fingerprint density at radius 1 is 0.128 bits per heavy atom. The Morgan fingerprint density at radius 2 is 0.372 bits per heavy atom. The SMILES string of the molecule is c1ccc(-c2ccc(N(c3ccc(-c4c(-c5ccccc5)ccc5ccccc45)cc3)c3ccc4c(c3)oc3ccccc34)cc2)cc1.c1ccc(-c2ccc(N(c3ccc(-c4c(-c5ccccc5)ccc5ccccc45)cc3)c3ccc4c(c3)sc3ccccc34)cc2)cc1.c1ccc(-c2ccc3ccccc3c2-c2ccc(N(c3ccc(-c4cccc5ccccc45)cc3)c3ccc4c(c3)oc3ccccc34)cc2)cc1. The predicted octanol–water partition coefficient (Wildman–Crippen LogP) is 41.3. The van der Waals surface area contributed by atoms with Gasteiger partial charge in [0, 0.05) is 105 Å². The zero-order chi connectivity index (χ0) is 98.2. The fourth-order valence-corrected chi connectivity index (χ4v) is 22.8. The van der Waals surface area contributed by atoms with Gasteiger partial charge in [-0.15, -0.1) is 11.3 Å². The molecule has 25 aromatic carbocycles. The van der Waals surface area contributed by atoms with E-state index < -0.39 is 0 Å². The van der Waals surface area contributed by atoms with E-state index in [4.69, 9.17) is 8.83 Å². The summed E-state index contributed by atoms with van der Waals surface area (Å²) in [4.78, 5) is 7.01. The highest BCUT2D eigenvalue weighted by Crippen LogP contribution is 2.50. The van der Waals surface area contributed by atoms with Crippen LogP contribution in [-0.4, -0.2) is 0 Å². The number of rotatable bonds is 18. The fraction of sp³-hybridized carbons (Fsp3) is 0. The first kappa shape index (κ1) is 88.9. The van der Waals surface area contributed by atoms with Gasteiger partial charge in [0.15, 0.2) is 0 Å². The van der Waals surface area contributed by atoms with Crippen LogP contribution in [0.3, 0.4) is 0 Å². The Morgan fingerprint density at radius 3 is 0.743 bits per heavy atom.